The van der Waals surface area contributed by atoms with Gasteiger partial charge in [0.1, 0.15) is 0 Å². The normalized spacial score (nSPS) is 17.0. The number of carbonyl (C=O) groups is 1. The van der Waals surface area contributed by atoms with Gasteiger partial charge in [-0.05, 0) is 43.2 Å². The van der Waals surface area contributed by atoms with Crippen molar-refractivity contribution in [2.45, 2.75) is 19.8 Å². The van der Waals surface area contributed by atoms with Crippen LogP contribution in [-0.4, -0.2) is 60.0 Å². The topological polar surface area (TPSA) is 81.6 Å². The molecule has 2 aromatic heterocycles. The number of carbonyl (C=O) groups excluding carboxylic acids is 1. The zero-order chi connectivity index (χ0) is 20.5. The molecule has 0 bridgehead atoms. The summed E-state index contributed by atoms with van der Waals surface area (Å²) >= 11 is 0. The van der Waals surface area contributed by atoms with Crippen molar-refractivity contribution in [2.24, 2.45) is 0 Å². The van der Waals surface area contributed by atoms with Crippen molar-refractivity contribution in [2.75, 3.05) is 54.4 Å². The highest BCUT2D eigenvalue weighted by Crippen LogP contribution is 2.26. The molecule has 0 atom stereocenters. The molecule has 30 heavy (non-hydrogen) atoms. The van der Waals surface area contributed by atoms with Gasteiger partial charge in [-0.1, -0.05) is 4.98 Å². The lowest BCUT2D eigenvalue weighted by molar-refractivity contribution is -0.348. The Morgan fingerprint density at radius 1 is 1.00 bits per heavy atom. The Labute approximate surface area is 175 Å². The van der Waals surface area contributed by atoms with Crippen molar-refractivity contribution in [3.63, 3.8) is 0 Å². The Morgan fingerprint density at radius 2 is 1.73 bits per heavy atom. The lowest BCUT2D eigenvalue weighted by atomic mass is 10.2. The summed E-state index contributed by atoms with van der Waals surface area (Å²) in [6.07, 6.45) is 4.40. The number of aromatic amines is 2. The first-order valence-electron chi connectivity index (χ1n) is 10.7. The van der Waals surface area contributed by atoms with Crippen LogP contribution < -0.4 is 20.1 Å². The number of H-pyrrole nitrogens is 2. The van der Waals surface area contributed by atoms with Crippen LogP contribution in [-0.2, 0) is 4.79 Å². The summed E-state index contributed by atoms with van der Waals surface area (Å²) in [7, 11) is 0. The van der Waals surface area contributed by atoms with Gasteiger partial charge in [-0.3, -0.25) is 10.1 Å². The van der Waals surface area contributed by atoms with E-state index < -0.39 is 0 Å². The van der Waals surface area contributed by atoms with E-state index in [-0.39, 0.29) is 5.91 Å². The molecule has 1 aromatic carbocycles. The first kappa shape index (κ1) is 18.7. The molecule has 2 fully saturated rings. The monoisotopic (exact) mass is 406 g/mol. The molecule has 3 aromatic rings. The minimum Gasteiger partial charge on any atom is -0.368 e. The number of amides is 1. The van der Waals surface area contributed by atoms with Crippen LogP contribution >= 0.6 is 0 Å². The van der Waals surface area contributed by atoms with Gasteiger partial charge in [0.05, 0.1) is 24.2 Å². The summed E-state index contributed by atoms with van der Waals surface area (Å²) in [6, 6.07) is 10.5. The van der Waals surface area contributed by atoms with Crippen LogP contribution in [0.3, 0.4) is 0 Å². The predicted molar refractivity (Wildman–Crippen MR) is 118 cm³/mol. The van der Waals surface area contributed by atoms with E-state index in [1.165, 1.54) is 18.5 Å². The Balaban J connectivity index is 1.31. The van der Waals surface area contributed by atoms with Crippen molar-refractivity contribution in [3.05, 3.63) is 36.5 Å². The van der Waals surface area contributed by atoms with Crippen LogP contribution in [0.15, 0.2) is 36.5 Å². The van der Waals surface area contributed by atoms with Crippen molar-refractivity contribution < 1.29 is 9.78 Å². The van der Waals surface area contributed by atoms with Gasteiger partial charge in [0, 0.05) is 45.0 Å². The summed E-state index contributed by atoms with van der Waals surface area (Å²) in [5.41, 5.74) is 3.06. The minimum absolute atomic E-state index is 0.158. The largest absolute Gasteiger partial charge is 0.368 e. The second-order valence-electron chi connectivity index (χ2n) is 8.03. The molecule has 0 radical (unpaired) electrons. The molecule has 8 heteroatoms. The highest BCUT2D eigenvalue weighted by molar-refractivity contribution is 5.86. The van der Waals surface area contributed by atoms with Gasteiger partial charge in [-0.15, -0.1) is 0 Å². The van der Waals surface area contributed by atoms with Crippen molar-refractivity contribution in [3.8, 4) is 0 Å². The average molecular weight is 407 g/mol. The molecule has 2 aliphatic heterocycles. The third-order valence-corrected chi connectivity index (χ3v) is 6.08. The molecular formula is C22H28N7O+. The van der Waals surface area contributed by atoms with Gasteiger partial charge in [0.15, 0.2) is 0 Å². The molecule has 5 rings (SSSR count). The van der Waals surface area contributed by atoms with Gasteiger partial charge < -0.3 is 19.7 Å². The molecule has 2 aliphatic rings. The maximum Gasteiger partial charge on any atom is 0.351 e. The fraction of sp³-hybridized carbons (Fsp3) is 0.409. The average Bonchev–Trinajstić information content (AvgIpc) is 3.46. The maximum absolute atomic E-state index is 11.5. The van der Waals surface area contributed by atoms with Crippen molar-refractivity contribution >= 4 is 40.1 Å². The van der Waals surface area contributed by atoms with E-state index >= 15 is 0 Å². The number of rotatable bonds is 4. The maximum atomic E-state index is 11.5. The van der Waals surface area contributed by atoms with Crippen LogP contribution in [0.5, 0.6) is 0 Å². The quantitative estimate of drug-likeness (QED) is 0.695. The minimum atomic E-state index is 0.158. The molecule has 0 saturated carbocycles. The second kappa shape index (κ2) is 7.85. The number of nitrogens with one attached hydrogen (secondary N) is 3. The van der Waals surface area contributed by atoms with E-state index in [2.05, 4.69) is 55.4 Å². The number of benzene rings is 1. The summed E-state index contributed by atoms with van der Waals surface area (Å²) in [4.78, 5) is 29.6. The van der Waals surface area contributed by atoms with E-state index in [1.54, 1.807) is 6.92 Å². The number of aromatic nitrogens is 3. The summed E-state index contributed by atoms with van der Waals surface area (Å²) in [5, 5.41) is 4.54. The first-order chi connectivity index (χ1) is 14.7. The summed E-state index contributed by atoms with van der Waals surface area (Å²) in [6.45, 7) is 7.08. The van der Waals surface area contributed by atoms with E-state index in [0.29, 0.717) is 0 Å². The molecule has 0 aliphatic carbocycles. The van der Waals surface area contributed by atoms with Crippen LogP contribution in [0.1, 0.15) is 19.8 Å². The predicted octanol–water partition coefficient (Wildman–Crippen LogP) is 2.39. The standard InChI is InChI=1S/C22H27N7O/c1-16(30)27-12-14-28(15-13-27)18-6-4-17(5-7-18)24-22-25-20-19(8-9-23-20)21(26-22)29-10-2-3-11-29/h4-9H,2-3,10-15H2,1H3,(H2,23,24,25,26)/p+1. The number of hydrogen-bond donors (Lipinski definition) is 2. The first-order valence-corrected chi connectivity index (χ1v) is 10.7. The van der Waals surface area contributed by atoms with Gasteiger partial charge in [-0.2, -0.15) is 0 Å². The molecule has 0 spiro atoms. The van der Waals surface area contributed by atoms with Gasteiger partial charge in [0.2, 0.25) is 17.4 Å². The third kappa shape index (κ3) is 3.65. The van der Waals surface area contributed by atoms with Crippen LogP contribution in [0.2, 0.25) is 0 Å². The van der Waals surface area contributed by atoms with Gasteiger partial charge in [0.25, 0.3) is 0 Å². The number of hydrogen-bond acceptors (Lipinski definition) is 5. The Bertz CT molecular complexity index is 1030. The van der Waals surface area contributed by atoms with Crippen LogP contribution in [0.4, 0.5) is 23.1 Å². The SMILES string of the molecule is CC(=O)N1CCN(c2ccc(Nc3nc4[nH]ccc4c(N4CCCC4)[nH+]3)cc2)CC1. The number of nitrogens with zero attached hydrogens (tertiary/aromatic N) is 4. The van der Waals surface area contributed by atoms with Crippen molar-refractivity contribution in [1.82, 2.24) is 14.9 Å². The summed E-state index contributed by atoms with van der Waals surface area (Å²) < 4.78 is 0. The highest BCUT2D eigenvalue weighted by Gasteiger charge is 2.23. The molecule has 8 nitrogen and oxygen atoms in total. The molecule has 2 saturated heterocycles. The highest BCUT2D eigenvalue weighted by atomic mass is 16.2. The Hall–Kier alpha value is -3.29. The molecule has 4 heterocycles. The fourth-order valence-corrected chi connectivity index (χ4v) is 4.38. The van der Waals surface area contributed by atoms with Crippen molar-refractivity contribution in [1.29, 1.82) is 0 Å². The molecule has 156 valence electrons. The van der Waals surface area contributed by atoms with Gasteiger partial charge >= 0.3 is 5.95 Å². The Morgan fingerprint density at radius 3 is 2.43 bits per heavy atom. The van der Waals surface area contributed by atoms with Crippen LogP contribution in [0.25, 0.3) is 11.0 Å². The zero-order valence-corrected chi connectivity index (χ0v) is 17.3. The summed E-state index contributed by atoms with van der Waals surface area (Å²) in [5.74, 6) is 2.01. The van der Waals surface area contributed by atoms with E-state index in [4.69, 9.17) is 4.98 Å². The fourth-order valence-electron chi connectivity index (χ4n) is 4.38. The molecule has 1 amide bonds. The number of anilines is 4. The van der Waals surface area contributed by atoms with Gasteiger partial charge in [-0.25, -0.2) is 4.98 Å². The lowest BCUT2D eigenvalue weighted by Gasteiger charge is -2.35. The third-order valence-electron chi connectivity index (χ3n) is 6.08. The van der Waals surface area contributed by atoms with Crippen LogP contribution in [0, 0.1) is 0 Å². The zero-order valence-electron chi connectivity index (χ0n) is 17.3. The smallest absolute Gasteiger partial charge is 0.351 e. The lowest BCUT2D eigenvalue weighted by Crippen LogP contribution is -2.48. The second-order valence-corrected chi connectivity index (χ2v) is 8.03. The number of piperazine rings is 1. The van der Waals surface area contributed by atoms with E-state index in [0.717, 1.165) is 67.8 Å². The molecular weight excluding hydrogens is 378 g/mol. The van der Waals surface area contributed by atoms with E-state index in [9.17, 15) is 4.79 Å². The Kier molecular flexibility index (Phi) is 4.90. The number of fused-ring (bicyclic) bond motifs is 1. The van der Waals surface area contributed by atoms with E-state index in [1.807, 2.05) is 11.1 Å². The molecule has 0 unspecified atom stereocenters. The molecule has 3 N–H and O–H groups in total.